The fraction of sp³-hybridized carbons (Fsp3) is 0.235. The molecule has 2 aromatic rings. The molecule has 0 heterocycles. The number of hydrogen-bond donors (Lipinski definition) is 2. The van der Waals surface area contributed by atoms with Crippen LogP contribution in [0.2, 0.25) is 0 Å². The van der Waals surface area contributed by atoms with Gasteiger partial charge in [-0.25, -0.2) is 0 Å². The summed E-state index contributed by atoms with van der Waals surface area (Å²) in [6.07, 6.45) is 0. The minimum Gasteiger partial charge on any atom is -0.490 e. The molecular formula is C17H20N2O2. The van der Waals surface area contributed by atoms with Gasteiger partial charge in [0, 0.05) is 12.1 Å². The molecule has 4 heteroatoms. The summed E-state index contributed by atoms with van der Waals surface area (Å²) in [6, 6.07) is 13.2. The standard InChI is InChI=1S/C17H20N2O2/c1-12-6-5-7-13(2)16(12)17(20)19-14-8-3-4-9-15(14)21-11-10-18/h3-9H,10-11,18H2,1-2H3,(H,19,20). The van der Waals surface area contributed by atoms with Crippen LogP contribution in [0, 0.1) is 13.8 Å². The van der Waals surface area contributed by atoms with E-state index in [0.29, 0.717) is 30.2 Å². The van der Waals surface area contributed by atoms with Gasteiger partial charge in [-0.15, -0.1) is 0 Å². The SMILES string of the molecule is Cc1cccc(C)c1C(=O)Nc1ccccc1OCCN. The van der Waals surface area contributed by atoms with Gasteiger partial charge in [0.15, 0.2) is 0 Å². The summed E-state index contributed by atoms with van der Waals surface area (Å²) in [5.74, 6) is 0.497. The molecule has 1 amide bonds. The number of carbonyl (C=O) groups is 1. The molecule has 0 aliphatic carbocycles. The van der Waals surface area contributed by atoms with E-state index in [0.717, 1.165) is 11.1 Å². The Balaban J connectivity index is 2.24. The van der Waals surface area contributed by atoms with E-state index in [-0.39, 0.29) is 5.91 Å². The first-order chi connectivity index (χ1) is 10.1. The predicted octanol–water partition coefficient (Wildman–Crippen LogP) is 2.89. The van der Waals surface area contributed by atoms with Crippen LogP contribution in [-0.4, -0.2) is 19.1 Å². The van der Waals surface area contributed by atoms with Crippen molar-refractivity contribution in [2.45, 2.75) is 13.8 Å². The van der Waals surface area contributed by atoms with Crippen LogP contribution in [-0.2, 0) is 0 Å². The molecule has 0 unspecified atom stereocenters. The number of benzene rings is 2. The smallest absolute Gasteiger partial charge is 0.256 e. The van der Waals surface area contributed by atoms with E-state index in [1.165, 1.54) is 0 Å². The van der Waals surface area contributed by atoms with Crippen LogP contribution in [0.3, 0.4) is 0 Å². The van der Waals surface area contributed by atoms with Gasteiger partial charge in [0.05, 0.1) is 5.69 Å². The Hall–Kier alpha value is -2.33. The Labute approximate surface area is 124 Å². The Morgan fingerprint density at radius 2 is 1.76 bits per heavy atom. The second-order valence-electron chi connectivity index (χ2n) is 4.85. The normalized spacial score (nSPS) is 10.2. The van der Waals surface area contributed by atoms with Crippen molar-refractivity contribution in [1.82, 2.24) is 0 Å². The van der Waals surface area contributed by atoms with Gasteiger partial charge < -0.3 is 15.8 Å². The van der Waals surface area contributed by atoms with Crippen molar-refractivity contribution in [1.29, 1.82) is 0 Å². The largest absolute Gasteiger partial charge is 0.490 e. The molecule has 0 spiro atoms. The van der Waals surface area contributed by atoms with Gasteiger partial charge in [0.2, 0.25) is 0 Å². The Morgan fingerprint density at radius 3 is 2.43 bits per heavy atom. The summed E-state index contributed by atoms with van der Waals surface area (Å²) in [7, 11) is 0. The lowest BCUT2D eigenvalue weighted by Gasteiger charge is -2.14. The molecule has 2 aromatic carbocycles. The number of anilines is 1. The highest BCUT2D eigenvalue weighted by Gasteiger charge is 2.13. The molecule has 0 bridgehead atoms. The number of amides is 1. The second kappa shape index (κ2) is 6.90. The average molecular weight is 284 g/mol. The predicted molar refractivity (Wildman–Crippen MR) is 84.9 cm³/mol. The minimum absolute atomic E-state index is 0.130. The molecule has 0 aliphatic heterocycles. The Bertz CT molecular complexity index is 618. The van der Waals surface area contributed by atoms with Crippen LogP contribution in [0.5, 0.6) is 5.75 Å². The van der Waals surface area contributed by atoms with Crippen molar-refractivity contribution in [3.05, 3.63) is 59.2 Å². The van der Waals surface area contributed by atoms with Gasteiger partial charge in [-0.05, 0) is 37.1 Å². The topological polar surface area (TPSA) is 64.3 Å². The molecule has 0 radical (unpaired) electrons. The Kier molecular flexibility index (Phi) is 4.95. The zero-order valence-electron chi connectivity index (χ0n) is 12.3. The number of nitrogens with two attached hydrogens (primary N) is 1. The molecule has 0 saturated heterocycles. The zero-order chi connectivity index (χ0) is 15.2. The maximum absolute atomic E-state index is 12.5. The van der Waals surface area contributed by atoms with Crippen LogP contribution < -0.4 is 15.8 Å². The van der Waals surface area contributed by atoms with Crippen molar-refractivity contribution in [3.63, 3.8) is 0 Å². The lowest BCUT2D eigenvalue weighted by atomic mass is 10.0. The molecule has 0 atom stereocenters. The third-order valence-electron chi connectivity index (χ3n) is 3.22. The first-order valence-electron chi connectivity index (χ1n) is 6.93. The fourth-order valence-electron chi connectivity index (χ4n) is 2.22. The molecule has 110 valence electrons. The highest BCUT2D eigenvalue weighted by atomic mass is 16.5. The van der Waals surface area contributed by atoms with E-state index in [2.05, 4.69) is 5.32 Å². The molecule has 2 rings (SSSR count). The van der Waals surface area contributed by atoms with E-state index in [1.54, 1.807) is 0 Å². The third-order valence-corrected chi connectivity index (χ3v) is 3.22. The maximum Gasteiger partial charge on any atom is 0.256 e. The molecular weight excluding hydrogens is 264 g/mol. The zero-order valence-corrected chi connectivity index (χ0v) is 12.3. The first-order valence-corrected chi connectivity index (χ1v) is 6.93. The molecule has 0 fully saturated rings. The number of carbonyl (C=O) groups excluding carboxylic acids is 1. The number of rotatable bonds is 5. The van der Waals surface area contributed by atoms with E-state index >= 15 is 0 Å². The lowest BCUT2D eigenvalue weighted by molar-refractivity contribution is 0.102. The van der Waals surface area contributed by atoms with Gasteiger partial charge in [0.25, 0.3) is 5.91 Å². The van der Waals surface area contributed by atoms with Crippen molar-refractivity contribution >= 4 is 11.6 Å². The van der Waals surface area contributed by atoms with Gasteiger partial charge in [-0.2, -0.15) is 0 Å². The summed E-state index contributed by atoms with van der Waals surface area (Å²) in [5.41, 5.74) is 8.70. The molecule has 4 nitrogen and oxygen atoms in total. The van der Waals surface area contributed by atoms with Crippen LogP contribution in [0.4, 0.5) is 5.69 Å². The summed E-state index contributed by atoms with van der Waals surface area (Å²) >= 11 is 0. The summed E-state index contributed by atoms with van der Waals surface area (Å²) in [6.45, 7) is 4.70. The van der Waals surface area contributed by atoms with Gasteiger partial charge in [-0.3, -0.25) is 4.79 Å². The highest BCUT2D eigenvalue weighted by Crippen LogP contribution is 2.25. The van der Waals surface area contributed by atoms with Gasteiger partial charge in [-0.1, -0.05) is 30.3 Å². The van der Waals surface area contributed by atoms with E-state index in [4.69, 9.17) is 10.5 Å². The first kappa shape index (κ1) is 15.1. The van der Waals surface area contributed by atoms with Crippen molar-refractivity contribution in [2.75, 3.05) is 18.5 Å². The molecule has 0 aliphatic rings. The fourth-order valence-corrected chi connectivity index (χ4v) is 2.22. The number of ether oxygens (including phenoxy) is 1. The molecule has 3 N–H and O–H groups in total. The number of hydrogen-bond acceptors (Lipinski definition) is 3. The van der Waals surface area contributed by atoms with Crippen molar-refractivity contribution in [3.8, 4) is 5.75 Å². The summed E-state index contributed by atoms with van der Waals surface area (Å²) in [5, 5.41) is 2.91. The van der Waals surface area contributed by atoms with Crippen LogP contribution >= 0.6 is 0 Å². The van der Waals surface area contributed by atoms with E-state index in [9.17, 15) is 4.79 Å². The van der Waals surface area contributed by atoms with Crippen LogP contribution in [0.25, 0.3) is 0 Å². The third kappa shape index (κ3) is 3.61. The Morgan fingerprint density at radius 1 is 1.10 bits per heavy atom. The monoisotopic (exact) mass is 284 g/mol. The summed E-state index contributed by atoms with van der Waals surface area (Å²) in [4.78, 5) is 12.5. The average Bonchev–Trinajstić information content (AvgIpc) is 2.46. The number of aryl methyl sites for hydroxylation is 2. The molecule has 21 heavy (non-hydrogen) atoms. The number of nitrogens with one attached hydrogen (secondary N) is 1. The molecule has 0 saturated carbocycles. The van der Waals surface area contributed by atoms with E-state index < -0.39 is 0 Å². The minimum atomic E-state index is -0.130. The van der Waals surface area contributed by atoms with Crippen molar-refractivity contribution in [2.24, 2.45) is 5.73 Å². The van der Waals surface area contributed by atoms with Crippen LogP contribution in [0.1, 0.15) is 21.5 Å². The second-order valence-corrected chi connectivity index (χ2v) is 4.85. The quantitative estimate of drug-likeness (QED) is 0.887. The maximum atomic E-state index is 12.5. The van der Waals surface area contributed by atoms with Crippen molar-refractivity contribution < 1.29 is 9.53 Å². The lowest BCUT2D eigenvalue weighted by Crippen LogP contribution is -2.17. The molecule has 0 aromatic heterocycles. The van der Waals surface area contributed by atoms with Gasteiger partial charge >= 0.3 is 0 Å². The van der Waals surface area contributed by atoms with E-state index in [1.807, 2.05) is 56.3 Å². The van der Waals surface area contributed by atoms with Crippen LogP contribution in [0.15, 0.2) is 42.5 Å². The highest BCUT2D eigenvalue weighted by molar-refractivity contribution is 6.06. The number of para-hydroxylation sites is 2. The van der Waals surface area contributed by atoms with Gasteiger partial charge in [0.1, 0.15) is 12.4 Å². The summed E-state index contributed by atoms with van der Waals surface area (Å²) < 4.78 is 5.54.